The molecule has 0 radical (unpaired) electrons. The van der Waals surface area contributed by atoms with Gasteiger partial charge in [0.05, 0.1) is 17.3 Å². The summed E-state index contributed by atoms with van der Waals surface area (Å²) in [5.74, 6) is -0.00639. The minimum atomic E-state index is -0.00639. The zero-order valence-corrected chi connectivity index (χ0v) is 15.3. The third kappa shape index (κ3) is 4.08. The van der Waals surface area contributed by atoms with Crippen LogP contribution in [0.3, 0.4) is 0 Å². The van der Waals surface area contributed by atoms with Crippen LogP contribution in [-0.2, 0) is 0 Å². The summed E-state index contributed by atoms with van der Waals surface area (Å²) in [6.07, 6.45) is 4.27. The zero-order valence-electron chi connectivity index (χ0n) is 13.7. The maximum Gasteiger partial charge on any atom is 0.196 e. The molecule has 0 N–H and O–H groups in total. The summed E-state index contributed by atoms with van der Waals surface area (Å²) in [5, 5.41) is 4.27. The molecule has 0 fully saturated rings. The van der Waals surface area contributed by atoms with Gasteiger partial charge in [-0.1, -0.05) is 48.7 Å². The number of benzene rings is 1. The van der Waals surface area contributed by atoms with Crippen LogP contribution in [0.5, 0.6) is 0 Å². The molecular weight excluding hydrogens is 352 g/mol. The van der Waals surface area contributed by atoms with E-state index in [2.05, 4.69) is 34.9 Å². The van der Waals surface area contributed by atoms with Crippen LogP contribution in [-0.4, -0.2) is 15.4 Å². The van der Waals surface area contributed by atoms with E-state index < -0.39 is 0 Å². The van der Waals surface area contributed by atoms with E-state index in [9.17, 15) is 4.79 Å². The second-order valence-corrected chi connectivity index (χ2v) is 6.27. The summed E-state index contributed by atoms with van der Waals surface area (Å²) in [5.41, 5.74) is 3.14. The van der Waals surface area contributed by atoms with Crippen LogP contribution in [0.1, 0.15) is 48.3 Å². The number of fused-ring (bicyclic) bond motifs is 1. The van der Waals surface area contributed by atoms with Crippen molar-refractivity contribution in [2.24, 2.45) is 0 Å². The number of rotatable bonds is 3. The van der Waals surface area contributed by atoms with Gasteiger partial charge in [-0.25, -0.2) is 4.52 Å². The van der Waals surface area contributed by atoms with Crippen LogP contribution in [0.15, 0.2) is 53.1 Å². The third-order valence-electron chi connectivity index (χ3n) is 3.58. The number of hydrogen-bond donors (Lipinski definition) is 0. The van der Waals surface area contributed by atoms with Gasteiger partial charge in [-0.15, -0.1) is 0 Å². The van der Waals surface area contributed by atoms with E-state index in [1.165, 1.54) is 12.8 Å². The van der Waals surface area contributed by atoms with Crippen molar-refractivity contribution in [1.29, 1.82) is 0 Å². The first-order valence-electron chi connectivity index (χ1n) is 7.82. The molecule has 0 aliphatic heterocycles. The molecule has 0 amide bonds. The monoisotopic (exact) mass is 372 g/mol. The standard InChI is InChI=1S/C15H11BrN2O.C4H10/c1-10-3-2-4-14-13(9-17-18(10)14)15(19)11-5-7-12(16)8-6-11;1-3-4-2/h2-9H,1H3;3-4H2,1-2H3. The average molecular weight is 373 g/mol. The Morgan fingerprint density at radius 2 is 1.74 bits per heavy atom. The lowest BCUT2D eigenvalue weighted by atomic mass is 10.0. The highest BCUT2D eigenvalue weighted by Crippen LogP contribution is 2.18. The number of unbranched alkanes of at least 4 members (excludes halogenated alkanes) is 1. The number of aryl methyl sites for hydroxylation is 1. The van der Waals surface area contributed by atoms with Crippen LogP contribution in [0.2, 0.25) is 0 Å². The fourth-order valence-electron chi connectivity index (χ4n) is 2.08. The van der Waals surface area contributed by atoms with E-state index in [1.807, 2.05) is 49.4 Å². The van der Waals surface area contributed by atoms with E-state index in [-0.39, 0.29) is 5.78 Å². The molecule has 2 heterocycles. The third-order valence-corrected chi connectivity index (χ3v) is 4.11. The predicted molar refractivity (Wildman–Crippen MR) is 98.1 cm³/mol. The van der Waals surface area contributed by atoms with Crippen molar-refractivity contribution < 1.29 is 4.79 Å². The van der Waals surface area contributed by atoms with Gasteiger partial charge in [0.1, 0.15) is 0 Å². The van der Waals surface area contributed by atoms with Gasteiger partial charge in [0.2, 0.25) is 0 Å². The highest BCUT2D eigenvalue weighted by Gasteiger charge is 2.15. The number of nitrogens with zero attached hydrogens (tertiary/aromatic N) is 2. The number of ketones is 1. The van der Waals surface area contributed by atoms with E-state index in [1.54, 1.807) is 10.7 Å². The van der Waals surface area contributed by atoms with Crippen molar-refractivity contribution in [3.05, 3.63) is 70.0 Å². The van der Waals surface area contributed by atoms with E-state index in [0.29, 0.717) is 11.1 Å². The Morgan fingerprint density at radius 1 is 1.09 bits per heavy atom. The molecule has 4 heteroatoms. The molecular formula is C19H21BrN2O. The number of aromatic nitrogens is 2. The zero-order chi connectivity index (χ0) is 16.8. The smallest absolute Gasteiger partial charge is 0.196 e. The number of carbonyl (C=O) groups excluding carboxylic acids is 1. The lowest BCUT2D eigenvalue weighted by molar-refractivity contribution is 0.104. The second-order valence-electron chi connectivity index (χ2n) is 5.36. The largest absolute Gasteiger partial charge is 0.288 e. The highest BCUT2D eigenvalue weighted by atomic mass is 79.9. The van der Waals surface area contributed by atoms with Crippen molar-refractivity contribution >= 4 is 27.2 Å². The Labute approximate surface area is 145 Å². The maximum absolute atomic E-state index is 12.5. The lowest BCUT2D eigenvalue weighted by Crippen LogP contribution is -2.01. The lowest BCUT2D eigenvalue weighted by Gasteiger charge is -2.01. The first-order valence-corrected chi connectivity index (χ1v) is 8.61. The molecule has 0 saturated carbocycles. The predicted octanol–water partition coefficient (Wildman–Crippen LogP) is 5.44. The topological polar surface area (TPSA) is 34.4 Å². The molecule has 1 aromatic carbocycles. The number of carbonyl (C=O) groups is 1. The van der Waals surface area contributed by atoms with Gasteiger partial charge >= 0.3 is 0 Å². The van der Waals surface area contributed by atoms with Gasteiger partial charge in [0, 0.05) is 15.7 Å². The molecule has 3 aromatic rings. The molecule has 0 unspecified atom stereocenters. The molecule has 0 aliphatic rings. The van der Waals surface area contributed by atoms with Crippen LogP contribution in [0.4, 0.5) is 0 Å². The van der Waals surface area contributed by atoms with Crippen molar-refractivity contribution in [1.82, 2.24) is 9.61 Å². The van der Waals surface area contributed by atoms with E-state index in [4.69, 9.17) is 0 Å². The number of halogens is 1. The van der Waals surface area contributed by atoms with E-state index in [0.717, 1.165) is 15.7 Å². The minimum Gasteiger partial charge on any atom is -0.288 e. The van der Waals surface area contributed by atoms with Crippen molar-refractivity contribution in [2.45, 2.75) is 33.6 Å². The molecule has 120 valence electrons. The summed E-state index contributed by atoms with van der Waals surface area (Å²) >= 11 is 3.36. The molecule has 0 saturated heterocycles. The minimum absolute atomic E-state index is 0.00639. The SMILES string of the molecule is CCCC.Cc1cccc2c(C(=O)c3ccc(Br)cc3)cnn12. The Balaban J connectivity index is 0.000000433. The van der Waals surface area contributed by atoms with Crippen LogP contribution in [0, 0.1) is 6.92 Å². The van der Waals surface area contributed by atoms with Gasteiger partial charge in [0.15, 0.2) is 5.78 Å². The molecule has 23 heavy (non-hydrogen) atoms. The first-order chi connectivity index (χ1) is 11.1. The average Bonchev–Trinajstić information content (AvgIpc) is 3.00. The summed E-state index contributed by atoms with van der Waals surface area (Å²) in [4.78, 5) is 12.5. The Bertz CT molecular complexity index is 789. The summed E-state index contributed by atoms with van der Waals surface area (Å²) in [7, 11) is 0. The second kappa shape index (κ2) is 8.06. The van der Waals surface area contributed by atoms with Gasteiger partial charge in [0.25, 0.3) is 0 Å². The molecule has 3 rings (SSSR count). The Morgan fingerprint density at radius 3 is 2.35 bits per heavy atom. The van der Waals surface area contributed by atoms with Gasteiger partial charge in [-0.2, -0.15) is 5.10 Å². The summed E-state index contributed by atoms with van der Waals surface area (Å²) in [6, 6.07) is 13.2. The molecule has 0 bridgehead atoms. The van der Waals surface area contributed by atoms with Crippen LogP contribution < -0.4 is 0 Å². The van der Waals surface area contributed by atoms with Crippen LogP contribution in [0.25, 0.3) is 5.52 Å². The van der Waals surface area contributed by atoms with Gasteiger partial charge < -0.3 is 0 Å². The van der Waals surface area contributed by atoms with Crippen LogP contribution >= 0.6 is 15.9 Å². The number of hydrogen-bond acceptors (Lipinski definition) is 2. The summed E-state index contributed by atoms with van der Waals surface area (Å²) < 4.78 is 2.74. The van der Waals surface area contributed by atoms with Crippen molar-refractivity contribution in [2.75, 3.05) is 0 Å². The summed E-state index contributed by atoms with van der Waals surface area (Å²) in [6.45, 7) is 6.33. The normalized spacial score (nSPS) is 10.3. The first kappa shape index (κ1) is 17.4. The van der Waals surface area contributed by atoms with E-state index >= 15 is 0 Å². The van der Waals surface area contributed by atoms with Gasteiger partial charge in [-0.05, 0) is 43.3 Å². The molecule has 0 aliphatic carbocycles. The van der Waals surface area contributed by atoms with Gasteiger partial charge in [-0.3, -0.25) is 4.79 Å². The highest BCUT2D eigenvalue weighted by molar-refractivity contribution is 9.10. The molecule has 0 spiro atoms. The molecule has 3 nitrogen and oxygen atoms in total. The Hall–Kier alpha value is -1.94. The molecule has 0 atom stereocenters. The fourth-order valence-corrected chi connectivity index (χ4v) is 2.34. The van der Waals surface area contributed by atoms with Crippen molar-refractivity contribution in [3.63, 3.8) is 0 Å². The number of pyridine rings is 1. The Kier molecular flexibility index (Phi) is 6.11. The van der Waals surface area contributed by atoms with Crippen molar-refractivity contribution in [3.8, 4) is 0 Å². The fraction of sp³-hybridized carbons (Fsp3) is 0.263. The maximum atomic E-state index is 12.5. The molecule has 2 aromatic heterocycles. The quantitative estimate of drug-likeness (QED) is 0.573.